The van der Waals surface area contributed by atoms with Crippen molar-refractivity contribution in [3.05, 3.63) is 29.8 Å². The van der Waals surface area contributed by atoms with E-state index in [0.717, 1.165) is 12.8 Å². The normalized spacial score (nSPS) is 22.5. The number of nitriles is 1. The Morgan fingerprint density at radius 1 is 1.20 bits per heavy atom. The third-order valence-electron chi connectivity index (χ3n) is 4.76. The molecule has 1 saturated carbocycles. The number of hydrogen-bond donors (Lipinski definition) is 1. The smallest absolute Gasteiger partial charge is 0.344 e. The predicted octanol–water partition coefficient (Wildman–Crippen LogP) is 2.42. The van der Waals surface area contributed by atoms with E-state index in [4.69, 9.17) is 14.7 Å². The fraction of sp³-hybridized carbons (Fsp3) is 0.526. The lowest BCUT2D eigenvalue weighted by Crippen LogP contribution is -2.45. The average Bonchev–Trinajstić information content (AvgIpc) is 2.62. The molecule has 134 valence electrons. The number of nitrogens with one attached hydrogen (secondary N) is 1. The molecule has 0 heterocycles. The van der Waals surface area contributed by atoms with Crippen LogP contribution in [-0.2, 0) is 14.3 Å². The van der Waals surface area contributed by atoms with Gasteiger partial charge in [-0.25, -0.2) is 4.79 Å². The number of esters is 1. The summed E-state index contributed by atoms with van der Waals surface area (Å²) in [6, 6.07) is 8.54. The first-order chi connectivity index (χ1) is 12.0. The Balaban J connectivity index is 1.68. The second-order valence-corrected chi connectivity index (χ2v) is 6.53. The van der Waals surface area contributed by atoms with Crippen LogP contribution in [0.5, 0.6) is 5.75 Å². The van der Waals surface area contributed by atoms with Crippen molar-refractivity contribution in [1.82, 2.24) is 5.32 Å². The average molecular weight is 344 g/mol. The van der Waals surface area contributed by atoms with Crippen molar-refractivity contribution in [3.63, 3.8) is 0 Å². The Hall–Kier alpha value is -2.55. The molecule has 1 fully saturated rings. The number of amides is 1. The fourth-order valence-corrected chi connectivity index (χ4v) is 2.99. The minimum absolute atomic E-state index is 0.143. The standard InChI is InChI=1S/C19H24N2O4/c1-13-4-3-5-17(14(13)2)21-18(22)11-25-19(23)12-24-16-8-6-15(10-20)7-9-16/h6-9,13-14,17H,3-5,11-12H2,1-2H3,(H,21,22)/t13-,14+,17-/m1/s1. The van der Waals surface area contributed by atoms with Crippen LogP contribution in [0.2, 0.25) is 0 Å². The lowest BCUT2D eigenvalue weighted by molar-refractivity contribution is -0.150. The van der Waals surface area contributed by atoms with Gasteiger partial charge < -0.3 is 14.8 Å². The van der Waals surface area contributed by atoms with Crippen molar-refractivity contribution in [2.24, 2.45) is 11.8 Å². The number of benzene rings is 1. The molecule has 1 amide bonds. The van der Waals surface area contributed by atoms with E-state index in [-0.39, 0.29) is 25.2 Å². The quantitative estimate of drug-likeness (QED) is 0.801. The van der Waals surface area contributed by atoms with E-state index >= 15 is 0 Å². The number of carbonyl (C=O) groups excluding carboxylic acids is 2. The highest BCUT2D eigenvalue weighted by Crippen LogP contribution is 2.29. The van der Waals surface area contributed by atoms with Crippen molar-refractivity contribution < 1.29 is 19.1 Å². The largest absolute Gasteiger partial charge is 0.482 e. The summed E-state index contributed by atoms with van der Waals surface area (Å²) in [5.41, 5.74) is 0.512. The third-order valence-corrected chi connectivity index (χ3v) is 4.76. The molecule has 25 heavy (non-hydrogen) atoms. The Morgan fingerprint density at radius 2 is 1.92 bits per heavy atom. The second-order valence-electron chi connectivity index (χ2n) is 6.53. The van der Waals surface area contributed by atoms with Gasteiger partial charge in [0.1, 0.15) is 5.75 Å². The second kappa shape index (κ2) is 9.07. The van der Waals surface area contributed by atoms with Gasteiger partial charge in [-0.1, -0.05) is 26.7 Å². The van der Waals surface area contributed by atoms with Gasteiger partial charge in [0, 0.05) is 6.04 Å². The molecule has 1 aliphatic carbocycles. The topological polar surface area (TPSA) is 88.4 Å². The summed E-state index contributed by atoms with van der Waals surface area (Å²) in [4.78, 5) is 23.6. The Kier molecular flexibility index (Phi) is 6.81. The highest BCUT2D eigenvalue weighted by atomic mass is 16.6. The first-order valence-corrected chi connectivity index (χ1v) is 8.57. The van der Waals surface area contributed by atoms with Crippen molar-refractivity contribution in [1.29, 1.82) is 5.26 Å². The van der Waals surface area contributed by atoms with Crippen LogP contribution >= 0.6 is 0 Å². The molecule has 0 aromatic heterocycles. The predicted molar refractivity (Wildman–Crippen MR) is 91.7 cm³/mol. The molecule has 1 aromatic rings. The van der Waals surface area contributed by atoms with E-state index in [1.54, 1.807) is 24.3 Å². The first kappa shape index (κ1) is 18.8. The van der Waals surface area contributed by atoms with Crippen LogP contribution in [0.1, 0.15) is 38.7 Å². The molecule has 0 spiro atoms. The molecule has 0 unspecified atom stereocenters. The van der Waals surface area contributed by atoms with Gasteiger partial charge in [0.25, 0.3) is 5.91 Å². The van der Waals surface area contributed by atoms with Gasteiger partial charge in [-0.3, -0.25) is 4.79 Å². The Morgan fingerprint density at radius 3 is 2.60 bits per heavy atom. The van der Waals surface area contributed by atoms with E-state index in [1.165, 1.54) is 6.42 Å². The molecule has 6 nitrogen and oxygen atoms in total. The van der Waals surface area contributed by atoms with Crippen LogP contribution < -0.4 is 10.1 Å². The van der Waals surface area contributed by atoms with E-state index < -0.39 is 5.97 Å². The van der Waals surface area contributed by atoms with Gasteiger partial charge >= 0.3 is 5.97 Å². The monoisotopic (exact) mass is 344 g/mol. The summed E-state index contributed by atoms with van der Waals surface area (Å²) < 4.78 is 10.2. The maximum Gasteiger partial charge on any atom is 0.344 e. The number of rotatable bonds is 6. The summed E-state index contributed by atoms with van der Waals surface area (Å²) in [6.45, 7) is 3.76. The molecule has 1 aliphatic rings. The van der Waals surface area contributed by atoms with Crippen LogP contribution in [-0.4, -0.2) is 31.1 Å². The molecular formula is C19H24N2O4. The molecule has 1 N–H and O–H groups in total. The molecule has 2 rings (SSSR count). The zero-order chi connectivity index (χ0) is 18.2. The summed E-state index contributed by atoms with van der Waals surface area (Å²) in [5, 5.41) is 11.7. The van der Waals surface area contributed by atoms with Crippen LogP contribution in [0.3, 0.4) is 0 Å². The van der Waals surface area contributed by atoms with Crippen molar-refractivity contribution in [3.8, 4) is 11.8 Å². The number of hydrogen-bond acceptors (Lipinski definition) is 5. The summed E-state index contributed by atoms with van der Waals surface area (Å²) in [5.74, 6) is 0.586. The summed E-state index contributed by atoms with van der Waals surface area (Å²) in [7, 11) is 0. The van der Waals surface area contributed by atoms with Crippen LogP contribution in [0.15, 0.2) is 24.3 Å². The van der Waals surface area contributed by atoms with Crippen molar-refractivity contribution in [2.75, 3.05) is 13.2 Å². The van der Waals surface area contributed by atoms with Gasteiger partial charge in [-0.15, -0.1) is 0 Å². The lowest BCUT2D eigenvalue weighted by Gasteiger charge is -2.34. The highest BCUT2D eigenvalue weighted by molar-refractivity contribution is 5.81. The van der Waals surface area contributed by atoms with E-state index in [1.807, 2.05) is 6.07 Å². The van der Waals surface area contributed by atoms with Gasteiger partial charge in [-0.2, -0.15) is 5.26 Å². The van der Waals surface area contributed by atoms with Crippen LogP contribution in [0, 0.1) is 23.2 Å². The van der Waals surface area contributed by atoms with Crippen LogP contribution in [0.4, 0.5) is 0 Å². The van der Waals surface area contributed by atoms with Gasteiger partial charge in [-0.05, 0) is 42.5 Å². The zero-order valence-electron chi connectivity index (χ0n) is 14.7. The van der Waals surface area contributed by atoms with E-state index in [2.05, 4.69) is 19.2 Å². The molecule has 3 atom stereocenters. The molecule has 1 aromatic carbocycles. The Labute approximate surface area is 148 Å². The maximum absolute atomic E-state index is 12.0. The van der Waals surface area contributed by atoms with Crippen molar-refractivity contribution >= 4 is 11.9 Å². The molecule has 0 radical (unpaired) electrons. The molecular weight excluding hydrogens is 320 g/mol. The lowest BCUT2D eigenvalue weighted by atomic mass is 9.78. The van der Waals surface area contributed by atoms with E-state index in [0.29, 0.717) is 23.1 Å². The number of ether oxygens (including phenoxy) is 2. The molecule has 0 saturated heterocycles. The van der Waals surface area contributed by atoms with Gasteiger partial charge in [0.15, 0.2) is 13.2 Å². The highest BCUT2D eigenvalue weighted by Gasteiger charge is 2.28. The SMILES string of the molecule is C[C@H]1[C@H](C)CCC[C@H]1NC(=O)COC(=O)COc1ccc(C#N)cc1. The number of nitrogens with zero attached hydrogens (tertiary/aromatic N) is 1. The minimum Gasteiger partial charge on any atom is -0.482 e. The molecule has 0 aliphatic heterocycles. The third kappa shape index (κ3) is 5.79. The van der Waals surface area contributed by atoms with E-state index in [9.17, 15) is 9.59 Å². The van der Waals surface area contributed by atoms with Crippen molar-refractivity contribution in [2.45, 2.75) is 39.2 Å². The van der Waals surface area contributed by atoms with Gasteiger partial charge in [0.05, 0.1) is 11.6 Å². The fourth-order valence-electron chi connectivity index (χ4n) is 2.99. The first-order valence-electron chi connectivity index (χ1n) is 8.57. The minimum atomic E-state index is -0.607. The van der Waals surface area contributed by atoms with Gasteiger partial charge in [0.2, 0.25) is 0 Å². The number of carbonyl (C=O) groups is 2. The molecule has 6 heteroatoms. The Bertz CT molecular complexity index is 636. The molecule has 0 bridgehead atoms. The van der Waals surface area contributed by atoms with Crippen LogP contribution in [0.25, 0.3) is 0 Å². The maximum atomic E-state index is 12.0. The summed E-state index contributed by atoms with van der Waals surface area (Å²) in [6.07, 6.45) is 3.26. The zero-order valence-corrected chi connectivity index (χ0v) is 14.7. The summed E-state index contributed by atoms with van der Waals surface area (Å²) >= 11 is 0.